The van der Waals surface area contributed by atoms with Gasteiger partial charge in [-0.05, 0) is 49.9 Å². The van der Waals surface area contributed by atoms with Crippen LogP contribution in [-0.4, -0.2) is 9.78 Å². The summed E-state index contributed by atoms with van der Waals surface area (Å²) in [5, 5.41) is 4.53. The molecule has 1 aliphatic carbocycles. The van der Waals surface area contributed by atoms with Crippen molar-refractivity contribution in [3.05, 3.63) is 46.8 Å². The van der Waals surface area contributed by atoms with Gasteiger partial charge in [0.1, 0.15) is 0 Å². The van der Waals surface area contributed by atoms with Crippen molar-refractivity contribution in [2.75, 3.05) is 0 Å². The Morgan fingerprint density at radius 2 is 1.89 bits per heavy atom. The summed E-state index contributed by atoms with van der Waals surface area (Å²) in [4.78, 5) is 0. The molecule has 1 aromatic heterocycles. The zero-order chi connectivity index (χ0) is 12.7. The summed E-state index contributed by atoms with van der Waals surface area (Å²) in [6.45, 7) is 4.25. The second-order valence-corrected chi connectivity index (χ2v) is 5.49. The highest BCUT2D eigenvalue weighted by atomic mass is 35.5. The van der Waals surface area contributed by atoms with Crippen LogP contribution < -0.4 is 0 Å². The highest BCUT2D eigenvalue weighted by Gasteiger charge is 2.30. The Labute approximate surface area is 113 Å². The van der Waals surface area contributed by atoms with Crippen LogP contribution in [0.3, 0.4) is 0 Å². The molecule has 1 fully saturated rings. The van der Waals surface area contributed by atoms with Crippen LogP contribution >= 0.6 is 11.6 Å². The van der Waals surface area contributed by atoms with Gasteiger partial charge < -0.3 is 0 Å². The quantitative estimate of drug-likeness (QED) is 0.760. The fourth-order valence-corrected chi connectivity index (χ4v) is 2.77. The maximum atomic E-state index is 6.01. The van der Waals surface area contributed by atoms with Gasteiger partial charge in [0.2, 0.25) is 0 Å². The molecule has 0 atom stereocenters. The first-order valence-corrected chi connectivity index (χ1v) is 6.94. The summed E-state index contributed by atoms with van der Waals surface area (Å²) in [5.74, 6) is 1.21. The molecule has 0 amide bonds. The van der Waals surface area contributed by atoms with Crippen molar-refractivity contribution < 1.29 is 0 Å². The lowest BCUT2D eigenvalue weighted by Gasteiger charge is -2.10. The first kappa shape index (κ1) is 11.8. The van der Waals surface area contributed by atoms with E-state index in [-0.39, 0.29) is 0 Å². The molecule has 1 saturated carbocycles. The first-order valence-electron chi connectivity index (χ1n) is 6.40. The van der Waals surface area contributed by atoms with Crippen molar-refractivity contribution in [2.45, 2.75) is 38.5 Å². The smallest absolute Gasteiger partial charge is 0.0654 e. The fourth-order valence-electron chi connectivity index (χ4n) is 2.57. The van der Waals surface area contributed by atoms with Crippen molar-refractivity contribution in [3.8, 4) is 5.69 Å². The van der Waals surface area contributed by atoms with Gasteiger partial charge in [0, 0.05) is 11.5 Å². The zero-order valence-corrected chi connectivity index (χ0v) is 11.5. The van der Waals surface area contributed by atoms with Crippen LogP contribution in [0, 0.1) is 13.8 Å². The van der Waals surface area contributed by atoms with E-state index in [2.05, 4.69) is 41.8 Å². The van der Waals surface area contributed by atoms with Crippen molar-refractivity contribution >= 4 is 11.6 Å². The molecule has 0 radical (unpaired) electrons. The number of hydrogen-bond acceptors (Lipinski definition) is 1. The summed E-state index contributed by atoms with van der Waals surface area (Å²) in [6, 6.07) is 6.56. The zero-order valence-electron chi connectivity index (χ0n) is 10.8. The number of rotatable bonds is 3. The molecule has 2 aromatic rings. The van der Waals surface area contributed by atoms with Crippen LogP contribution in [0.4, 0.5) is 0 Å². The van der Waals surface area contributed by atoms with Gasteiger partial charge in [0.15, 0.2) is 0 Å². The van der Waals surface area contributed by atoms with E-state index in [0.717, 1.165) is 5.69 Å². The third kappa shape index (κ3) is 2.05. The molecule has 1 heterocycles. The molecule has 0 N–H and O–H groups in total. The van der Waals surface area contributed by atoms with Gasteiger partial charge in [-0.2, -0.15) is 5.10 Å². The van der Waals surface area contributed by atoms with Crippen LogP contribution in [0.5, 0.6) is 0 Å². The number of hydrogen-bond donors (Lipinski definition) is 0. The number of aryl methyl sites for hydroxylation is 2. The Morgan fingerprint density at radius 3 is 2.44 bits per heavy atom. The molecule has 3 rings (SSSR count). The normalized spacial score (nSPS) is 15.1. The molecular formula is C15H17ClN2. The second-order valence-electron chi connectivity index (χ2n) is 5.22. The molecule has 94 valence electrons. The van der Waals surface area contributed by atoms with E-state index in [1.54, 1.807) is 0 Å². The van der Waals surface area contributed by atoms with E-state index in [0.29, 0.717) is 11.8 Å². The minimum Gasteiger partial charge on any atom is -0.237 e. The van der Waals surface area contributed by atoms with Gasteiger partial charge in [-0.15, -0.1) is 11.6 Å². The van der Waals surface area contributed by atoms with E-state index in [1.165, 1.54) is 35.2 Å². The van der Waals surface area contributed by atoms with Crippen LogP contribution in [-0.2, 0) is 5.88 Å². The molecule has 0 aliphatic heterocycles. The molecule has 0 spiro atoms. The van der Waals surface area contributed by atoms with Gasteiger partial charge in [-0.3, -0.25) is 0 Å². The highest BCUT2D eigenvalue weighted by molar-refractivity contribution is 6.17. The summed E-state index contributed by atoms with van der Waals surface area (Å²) in [6.07, 6.45) is 4.44. The molecule has 0 unspecified atom stereocenters. The van der Waals surface area contributed by atoms with E-state index in [9.17, 15) is 0 Å². The van der Waals surface area contributed by atoms with Gasteiger partial charge >= 0.3 is 0 Å². The van der Waals surface area contributed by atoms with E-state index < -0.39 is 0 Å². The second kappa shape index (κ2) is 4.43. The molecule has 2 nitrogen and oxygen atoms in total. The number of benzene rings is 1. The molecule has 0 bridgehead atoms. The molecule has 1 aliphatic rings. The third-order valence-corrected chi connectivity index (χ3v) is 3.73. The number of halogens is 1. The third-order valence-electron chi connectivity index (χ3n) is 3.45. The lowest BCUT2D eigenvalue weighted by Crippen LogP contribution is -2.03. The average molecular weight is 261 g/mol. The maximum Gasteiger partial charge on any atom is 0.0654 e. The number of aromatic nitrogens is 2. The molecule has 1 aromatic carbocycles. The predicted molar refractivity (Wildman–Crippen MR) is 74.6 cm³/mol. The molecule has 0 saturated heterocycles. The van der Waals surface area contributed by atoms with Crippen molar-refractivity contribution in [1.29, 1.82) is 0 Å². The maximum absolute atomic E-state index is 6.01. The SMILES string of the molecule is Cc1cc(C)cc(-n2ncc(CCl)c2C2CC2)c1. The molecule has 3 heteroatoms. The summed E-state index contributed by atoms with van der Waals surface area (Å²) >= 11 is 6.01. The Bertz CT molecular complexity index is 562. The van der Waals surface area contributed by atoms with Crippen LogP contribution in [0.15, 0.2) is 24.4 Å². The van der Waals surface area contributed by atoms with Crippen molar-refractivity contribution in [3.63, 3.8) is 0 Å². The van der Waals surface area contributed by atoms with Gasteiger partial charge in [0.25, 0.3) is 0 Å². The lowest BCUT2D eigenvalue weighted by atomic mass is 10.1. The minimum atomic E-state index is 0.552. The largest absolute Gasteiger partial charge is 0.237 e. The summed E-state index contributed by atoms with van der Waals surface area (Å²) in [5.41, 5.74) is 6.20. The van der Waals surface area contributed by atoms with E-state index >= 15 is 0 Å². The summed E-state index contributed by atoms with van der Waals surface area (Å²) < 4.78 is 2.08. The minimum absolute atomic E-state index is 0.552. The summed E-state index contributed by atoms with van der Waals surface area (Å²) in [7, 11) is 0. The Balaban J connectivity index is 2.13. The Hall–Kier alpha value is -1.28. The lowest BCUT2D eigenvalue weighted by molar-refractivity contribution is 0.803. The van der Waals surface area contributed by atoms with Crippen LogP contribution in [0.2, 0.25) is 0 Å². The van der Waals surface area contributed by atoms with Gasteiger partial charge in [-0.1, -0.05) is 6.07 Å². The highest BCUT2D eigenvalue weighted by Crippen LogP contribution is 2.42. The van der Waals surface area contributed by atoms with E-state index in [1.807, 2.05) is 6.20 Å². The Kier molecular flexibility index (Phi) is 2.90. The number of nitrogens with zero attached hydrogens (tertiary/aromatic N) is 2. The standard InChI is InChI=1S/C15H17ClN2/c1-10-5-11(2)7-14(6-10)18-15(12-3-4-12)13(8-16)9-17-18/h5-7,9,12H,3-4,8H2,1-2H3. The van der Waals surface area contributed by atoms with Crippen LogP contribution in [0.25, 0.3) is 5.69 Å². The van der Waals surface area contributed by atoms with Crippen molar-refractivity contribution in [2.24, 2.45) is 0 Å². The fraction of sp³-hybridized carbons (Fsp3) is 0.400. The van der Waals surface area contributed by atoms with Gasteiger partial charge in [-0.25, -0.2) is 4.68 Å². The average Bonchev–Trinajstić information content (AvgIpc) is 3.07. The topological polar surface area (TPSA) is 17.8 Å². The van der Waals surface area contributed by atoms with E-state index in [4.69, 9.17) is 11.6 Å². The monoisotopic (exact) mass is 260 g/mol. The molecule has 18 heavy (non-hydrogen) atoms. The number of alkyl halides is 1. The predicted octanol–water partition coefficient (Wildman–Crippen LogP) is 4.11. The van der Waals surface area contributed by atoms with Gasteiger partial charge in [0.05, 0.1) is 23.5 Å². The van der Waals surface area contributed by atoms with Crippen LogP contribution in [0.1, 0.15) is 41.1 Å². The Morgan fingerprint density at radius 1 is 1.22 bits per heavy atom. The first-order chi connectivity index (χ1) is 8.69. The molecular weight excluding hydrogens is 244 g/mol. The van der Waals surface area contributed by atoms with Crippen molar-refractivity contribution in [1.82, 2.24) is 9.78 Å².